The molecule has 2 rings (SSSR count). The second-order valence-electron chi connectivity index (χ2n) is 6.33. The minimum Gasteiger partial charge on any atom is -0.381 e. The third-order valence-corrected chi connectivity index (χ3v) is 4.79. The smallest absolute Gasteiger partial charge is 0.0495 e. The predicted octanol–water partition coefficient (Wildman–Crippen LogP) is 3.75. The normalized spacial score (nSPS) is 33.5. The van der Waals surface area contributed by atoms with E-state index in [4.69, 9.17) is 4.74 Å². The lowest BCUT2D eigenvalue weighted by atomic mass is 9.95. The fourth-order valence-electron chi connectivity index (χ4n) is 3.58. The van der Waals surface area contributed by atoms with Gasteiger partial charge >= 0.3 is 0 Å². The maximum Gasteiger partial charge on any atom is 0.0495 e. The van der Waals surface area contributed by atoms with Crippen molar-refractivity contribution in [3.63, 3.8) is 0 Å². The Bertz CT molecular complexity index is 213. The number of hydrogen-bond donors (Lipinski definition) is 1. The van der Waals surface area contributed by atoms with Crippen molar-refractivity contribution in [1.82, 2.24) is 5.32 Å². The standard InChI is InChI=1S/C16H31NO/c1-2-4-14-5-3-6-16(8-7-14)17-11-9-15-10-12-18-13-15/h14-17H,2-13H2,1H3. The maximum atomic E-state index is 5.43. The molecule has 1 aliphatic heterocycles. The summed E-state index contributed by atoms with van der Waals surface area (Å²) in [7, 11) is 0. The molecule has 1 saturated heterocycles. The van der Waals surface area contributed by atoms with Gasteiger partial charge in [0, 0.05) is 19.3 Å². The van der Waals surface area contributed by atoms with Gasteiger partial charge in [0.15, 0.2) is 0 Å². The highest BCUT2D eigenvalue weighted by Gasteiger charge is 2.19. The van der Waals surface area contributed by atoms with Gasteiger partial charge in [0.1, 0.15) is 0 Å². The van der Waals surface area contributed by atoms with Crippen molar-refractivity contribution >= 4 is 0 Å². The molecule has 2 nitrogen and oxygen atoms in total. The topological polar surface area (TPSA) is 21.3 Å². The van der Waals surface area contributed by atoms with Gasteiger partial charge in [0.05, 0.1) is 0 Å². The van der Waals surface area contributed by atoms with Crippen LogP contribution < -0.4 is 5.32 Å². The van der Waals surface area contributed by atoms with Crippen LogP contribution in [-0.2, 0) is 4.74 Å². The van der Waals surface area contributed by atoms with Gasteiger partial charge in [-0.15, -0.1) is 0 Å². The minimum atomic E-state index is 0.800. The van der Waals surface area contributed by atoms with Crippen molar-refractivity contribution in [3.8, 4) is 0 Å². The molecule has 0 spiro atoms. The average Bonchev–Trinajstić information content (AvgIpc) is 2.78. The van der Waals surface area contributed by atoms with Gasteiger partial charge in [-0.2, -0.15) is 0 Å². The summed E-state index contributed by atoms with van der Waals surface area (Å²) in [6.45, 7) is 5.53. The summed E-state index contributed by atoms with van der Waals surface area (Å²) in [5.74, 6) is 1.85. The zero-order chi connectivity index (χ0) is 12.6. The van der Waals surface area contributed by atoms with Crippen molar-refractivity contribution in [2.45, 2.75) is 70.8 Å². The molecule has 1 N–H and O–H groups in total. The highest BCUT2D eigenvalue weighted by molar-refractivity contribution is 4.75. The summed E-state index contributed by atoms with van der Waals surface area (Å²) >= 11 is 0. The lowest BCUT2D eigenvalue weighted by molar-refractivity contribution is 0.184. The van der Waals surface area contributed by atoms with E-state index >= 15 is 0 Å². The Morgan fingerprint density at radius 3 is 2.72 bits per heavy atom. The second-order valence-corrected chi connectivity index (χ2v) is 6.33. The third kappa shape index (κ3) is 4.89. The van der Waals surface area contributed by atoms with Crippen LogP contribution in [-0.4, -0.2) is 25.8 Å². The molecule has 106 valence electrons. The van der Waals surface area contributed by atoms with E-state index in [1.807, 2.05) is 0 Å². The Morgan fingerprint density at radius 2 is 1.94 bits per heavy atom. The van der Waals surface area contributed by atoms with E-state index < -0.39 is 0 Å². The zero-order valence-electron chi connectivity index (χ0n) is 12.1. The first-order chi connectivity index (χ1) is 8.88. The van der Waals surface area contributed by atoms with Crippen LogP contribution in [0.4, 0.5) is 0 Å². The first-order valence-electron chi connectivity index (χ1n) is 8.19. The van der Waals surface area contributed by atoms with Crippen LogP contribution in [0.1, 0.15) is 64.7 Å². The summed E-state index contributed by atoms with van der Waals surface area (Å²) in [6.07, 6.45) is 12.6. The molecule has 1 heterocycles. The summed E-state index contributed by atoms with van der Waals surface area (Å²) in [4.78, 5) is 0. The largest absolute Gasteiger partial charge is 0.381 e. The first kappa shape index (κ1) is 14.3. The Kier molecular flexibility index (Phi) is 6.50. The number of hydrogen-bond acceptors (Lipinski definition) is 2. The average molecular weight is 253 g/mol. The molecule has 1 saturated carbocycles. The Hall–Kier alpha value is -0.0800. The molecule has 0 aromatic heterocycles. The lowest BCUT2D eigenvalue weighted by Crippen LogP contribution is -2.30. The molecule has 18 heavy (non-hydrogen) atoms. The van der Waals surface area contributed by atoms with Crippen LogP contribution in [0.3, 0.4) is 0 Å². The Balaban J connectivity index is 1.58. The van der Waals surface area contributed by atoms with Gasteiger partial charge in [-0.05, 0) is 50.5 Å². The van der Waals surface area contributed by atoms with Gasteiger partial charge in [-0.1, -0.05) is 32.6 Å². The lowest BCUT2D eigenvalue weighted by Gasteiger charge is -2.18. The van der Waals surface area contributed by atoms with E-state index in [2.05, 4.69) is 12.2 Å². The number of rotatable bonds is 6. The molecule has 0 aromatic rings. The van der Waals surface area contributed by atoms with Crippen molar-refractivity contribution in [2.75, 3.05) is 19.8 Å². The van der Waals surface area contributed by atoms with Crippen LogP contribution in [0.25, 0.3) is 0 Å². The Morgan fingerprint density at radius 1 is 1.00 bits per heavy atom. The summed E-state index contributed by atoms with van der Waals surface area (Å²) in [5, 5.41) is 3.80. The van der Waals surface area contributed by atoms with Crippen LogP contribution in [0, 0.1) is 11.8 Å². The fraction of sp³-hybridized carbons (Fsp3) is 1.00. The maximum absolute atomic E-state index is 5.43. The highest BCUT2D eigenvalue weighted by Crippen LogP contribution is 2.26. The molecule has 3 unspecified atom stereocenters. The summed E-state index contributed by atoms with van der Waals surface area (Å²) in [6, 6.07) is 0.800. The van der Waals surface area contributed by atoms with E-state index in [1.54, 1.807) is 0 Å². The molecule has 2 heteroatoms. The SMILES string of the molecule is CCCC1CCCC(NCCC2CCOC2)CC1. The van der Waals surface area contributed by atoms with Crippen molar-refractivity contribution in [3.05, 3.63) is 0 Å². The van der Waals surface area contributed by atoms with Gasteiger partial charge in [0.2, 0.25) is 0 Å². The third-order valence-electron chi connectivity index (χ3n) is 4.79. The van der Waals surface area contributed by atoms with Crippen LogP contribution in [0.2, 0.25) is 0 Å². The zero-order valence-corrected chi connectivity index (χ0v) is 12.1. The highest BCUT2D eigenvalue weighted by atomic mass is 16.5. The van der Waals surface area contributed by atoms with Crippen LogP contribution in [0.5, 0.6) is 0 Å². The predicted molar refractivity (Wildman–Crippen MR) is 76.8 cm³/mol. The molecule has 2 aliphatic rings. The summed E-state index contributed by atoms with van der Waals surface area (Å²) in [5.41, 5.74) is 0. The fourth-order valence-corrected chi connectivity index (χ4v) is 3.58. The molecule has 0 amide bonds. The van der Waals surface area contributed by atoms with E-state index in [1.165, 1.54) is 64.3 Å². The molecular weight excluding hydrogens is 222 g/mol. The quantitative estimate of drug-likeness (QED) is 0.728. The minimum absolute atomic E-state index is 0.800. The molecule has 2 fully saturated rings. The van der Waals surface area contributed by atoms with Crippen LogP contribution in [0.15, 0.2) is 0 Å². The number of nitrogens with one attached hydrogen (secondary N) is 1. The van der Waals surface area contributed by atoms with E-state index in [0.29, 0.717) is 0 Å². The Labute approximate surface area is 113 Å². The van der Waals surface area contributed by atoms with Crippen molar-refractivity contribution in [1.29, 1.82) is 0 Å². The molecule has 1 aliphatic carbocycles. The van der Waals surface area contributed by atoms with Gasteiger partial charge in [-0.3, -0.25) is 0 Å². The van der Waals surface area contributed by atoms with Crippen molar-refractivity contribution in [2.24, 2.45) is 11.8 Å². The van der Waals surface area contributed by atoms with E-state index in [-0.39, 0.29) is 0 Å². The summed E-state index contributed by atoms with van der Waals surface area (Å²) < 4.78 is 5.43. The second kappa shape index (κ2) is 8.16. The number of ether oxygens (including phenoxy) is 1. The molecular formula is C16H31NO. The first-order valence-corrected chi connectivity index (χ1v) is 8.19. The molecule has 0 radical (unpaired) electrons. The van der Waals surface area contributed by atoms with Crippen LogP contribution >= 0.6 is 0 Å². The van der Waals surface area contributed by atoms with E-state index in [0.717, 1.165) is 31.1 Å². The van der Waals surface area contributed by atoms with Gasteiger partial charge in [0.25, 0.3) is 0 Å². The molecule has 0 bridgehead atoms. The monoisotopic (exact) mass is 253 g/mol. The van der Waals surface area contributed by atoms with Gasteiger partial charge in [-0.25, -0.2) is 0 Å². The van der Waals surface area contributed by atoms with Gasteiger partial charge < -0.3 is 10.1 Å². The molecule has 0 aromatic carbocycles. The molecule has 3 atom stereocenters. The van der Waals surface area contributed by atoms with E-state index in [9.17, 15) is 0 Å². The van der Waals surface area contributed by atoms with Crippen molar-refractivity contribution < 1.29 is 4.74 Å².